The Bertz CT molecular complexity index is 1270. The highest BCUT2D eigenvalue weighted by Gasteiger charge is 2.30. The number of hydrogen-bond donors (Lipinski definition) is 2. The Morgan fingerprint density at radius 3 is 2.53 bits per heavy atom. The lowest BCUT2D eigenvalue weighted by Crippen LogP contribution is -2.32. The van der Waals surface area contributed by atoms with E-state index in [9.17, 15) is 15.0 Å². The predicted octanol–water partition coefficient (Wildman–Crippen LogP) is 5.34. The first-order valence-corrected chi connectivity index (χ1v) is 12.2. The zero-order valence-electron chi connectivity index (χ0n) is 19.3. The maximum Gasteiger partial charge on any atom is 0.230 e. The molecule has 4 aromatic rings. The highest BCUT2D eigenvalue weighted by atomic mass is 16.3. The van der Waals surface area contributed by atoms with Gasteiger partial charge in [0.15, 0.2) is 0 Å². The maximum atomic E-state index is 13.5. The minimum Gasteiger partial charge on any atom is -0.456 e. The molecule has 1 aliphatic heterocycles. The third-order valence-corrected chi connectivity index (χ3v) is 6.95. The summed E-state index contributed by atoms with van der Waals surface area (Å²) in [6.45, 7) is 1.65. The Morgan fingerprint density at radius 1 is 0.971 bits per heavy atom. The van der Waals surface area contributed by atoms with Crippen molar-refractivity contribution < 1.29 is 19.4 Å². The van der Waals surface area contributed by atoms with Crippen molar-refractivity contribution in [3.8, 4) is 0 Å². The number of hydrogen-bond acceptors (Lipinski definition) is 4. The van der Waals surface area contributed by atoms with Crippen molar-refractivity contribution in [2.75, 3.05) is 19.7 Å². The number of carbonyl (C=O) groups excluding carboxylic acids is 1. The second-order valence-electron chi connectivity index (χ2n) is 9.23. The van der Waals surface area contributed by atoms with Crippen LogP contribution < -0.4 is 0 Å². The second-order valence-corrected chi connectivity index (χ2v) is 9.23. The molecule has 5 nitrogen and oxygen atoms in total. The minimum absolute atomic E-state index is 0.0573. The van der Waals surface area contributed by atoms with E-state index in [1.165, 1.54) is 0 Å². The largest absolute Gasteiger partial charge is 0.456 e. The molecule has 2 atom stereocenters. The Hall–Kier alpha value is -3.15. The summed E-state index contributed by atoms with van der Waals surface area (Å²) in [5, 5.41) is 22.3. The number of aliphatic hydroxyl groups excluding tert-OH is 2. The van der Waals surface area contributed by atoms with Gasteiger partial charge >= 0.3 is 0 Å². The van der Waals surface area contributed by atoms with Crippen LogP contribution in [0.1, 0.15) is 54.4 Å². The number of rotatable bonds is 8. The van der Waals surface area contributed by atoms with Crippen LogP contribution in [0.25, 0.3) is 21.9 Å². The van der Waals surface area contributed by atoms with Crippen molar-refractivity contribution in [1.82, 2.24) is 4.90 Å². The maximum absolute atomic E-state index is 13.5. The summed E-state index contributed by atoms with van der Waals surface area (Å²) in [6, 6.07) is 21.7. The van der Waals surface area contributed by atoms with E-state index in [4.69, 9.17) is 4.42 Å². The first-order valence-electron chi connectivity index (χ1n) is 12.2. The lowest BCUT2D eigenvalue weighted by Gasteiger charge is -2.24. The average molecular weight is 458 g/mol. The van der Waals surface area contributed by atoms with Crippen LogP contribution in [0.4, 0.5) is 0 Å². The van der Waals surface area contributed by atoms with E-state index in [0.717, 1.165) is 64.6 Å². The van der Waals surface area contributed by atoms with Crippen LogP contribution in [-0.4, -0.2) is 40.7 Å². The summed E-state index contributed by atoms with van der Waals surface area (Å²) in [5.74, 6) is -0.194. The van der Waals surface area contributed by atoms with E-state index in [1.807, 2.05) is 71.6 Å². The average Bonchev–Trinajstić information content (AvgIpc) is 3.53. The van der Waals surface area contributed by atoms with Crippen molar-refractivity contribution in [2.24, 2.45) is 0 Å². The zero-order chi connectivity index (χ0) is 23.5. The number of benzene rings is 3. The lowest BCUT2D eigenvalue weighted by molar-refractivity contribution is -0.131. The van der Waals surface area contributed by atoms with Crippen LogP contribution in [0, 0.1) is 0 Å². The van der Waals surface area contributed by atoms with Gasteiger partial charge in [-0.15, -0.1) is 0 Å². The van der Waals surface area contributed by atoms with Crippen LogP contribution in [0.3, 0.4) is 0 Å². The van der Waals surface area contributed by atoms with Gasteiger partial charge in [-0.3, -0.25) is 4.79 Å². The Morgan fingerprint density at radius 2 is 1.76 bits per heavy atom. The second kappa shape index (κ2) is 10.00. The van der Waals surface area contributed by atoms with Crippen LogP contribution in [0.15, 0.2) is 71.1 Å². The van der Waals surface area contributed by atoms with Crippen molar-refractivity contribution in [3.63, 3.8) is 0 Å². The van der Waals surface area contributed by atoms with Gasteiger partial charge in [0, 0.05) is 36.9 Å². The molecular weight excluding hydrogens is 426 g/mol. The molecule has 0 radical (unpaired) electrons. The molecule has 176 valence electrons. The molecule has 2 heterocycles. The number of amides is 1. The quantitative estimate of drug-likeness (QED) is 0.375. The number of furan rings is 1. The molecule has 0 aliphatic carbocycles. The monoisotopic (exact) mass is 457 g/mol. The van der Waals surface area contributed by atoms with Crippen LogP contribution in [0.5, 0.6) is 0 Å². The number of nitrogens with zero attached hydrogens (tertiary/aromatic N) is 1. The van der Waals surface area contributed by atoms with Gasteiger partial charge < -0.3 is 19.5 Å². The normalized spacial score (nSPS) is 15.8. The molecule has 5 rings (SSSR count). The Labute approximate surface area is 199 Å². The number of aliphatic hydroxyl groups is 2. The van der Waals surface area contributed by atoms with E-state index in [2.05, 4.69) is 0 Å². The van der Waals surface area contributed by atoms with Gasteiger partial charge in [-0.2, -0.15) is 0 Å². The fourth-order valence-corrected chi connectivity index (χ4v) is 5.19. The molecule has 2 N–H and O–H groups in total. The molecule has 5 heteroatoms. The molecule has 0 spiro atoms. The summed E-state index contributed by atoms with van der Waals surface area (Å²) in [6.07, 6.45) is 3.13. The molecule has 3 aromatic carbocycles. The molecular formula is C29H31NO4. The van der Waals surface area contributed by atoms with E-state index in [0.29, 0.717) is 19.3 Å². The predicted molar refractivity (Wildman–Crippen MR) is 134 cm³/mol. The molecule has 1 aromatic heterocycles. The first-order chi connectivity index (χ1) is 16.7. The summed E-state index contributed by atoms with van der Waals surface area (Å²) in [5.41, 5.74) is 4.33. The van der Waals surface area contributed by atoms with Crippen LogP contribution in [0.2, 0.25) is 0 Å². The summed E-state index contributed by atoms with van der Waals surface area (Å²) < 4.78 is 6.15. The molecule has 34 heavy (non-hydrogen) atoms. The third-order valence-electron chi connectivity index (χ3n) is 6.95. The number of fused-ring (bicyclic) bond motifs is 3. The Balaban J connectivity index is 1.56. The molecule has 1 amide bonds. The number of carbonyl (C=O) groups is 1. The number of likely N-dealkylation sites (tertiary alicyclic amines) is 1. The molecule has 1 aliphatic rings. The van der Waals surface area contributed by atoms with E-state index in [-0.39, 0.29) is 18.4 Å². The van der Waals surface area contributed by atoms with Crippen molar-refractivity contribution in [3.05, 3.63) is 83.4 Å². The topological polar surface area (TPSA) is 73.9 Å². The van der Waals surface area contributed by atoms with Crippen molar-refractivity contribution in [1.29, 1.82) is 0 Å². The lowest BCUT2D eigenvalue weighted by atomic mass is 9.89. The van der Waals surface area contributed by atoms with Gasteiger partial charge in [0.05, 0.1) is 12.0 Å². The smallest absolute Gasteiger partial charge is 0.230 e. The van der Waals surface area contributed by atoms with Crippen molar-refractivity contribution >= 4 is 27.8 Å². The summed E-state index contributed by atoms with van der Waals surface area (Å²) >= 11 is 0. The molecule has 0 bridgehead atoms. The van der Waals surface area contributed by atoms with Crippen LogP contribution in [-0.2, 0) is 11.2 Å². The van der Waals surface area contributed by atoms with Gasteiger partial charge in [0.1, 0.15) is 11.2 Å². The fourth-order valence-electron chi connectivity index (χ4n) is 5.19. The fraction of sp³-hybridized carbons (Fsp3) is 0.345. The SMILES string of the molecule is O=C(C(CCCO)c1cccc2oc3ccc(C(O)Cc4ccccc4)cc3c12)N1CCCC1. The van der Waals surface area contributed by atoms with Gasteiger partial charge in [-0.05, 0) is 60.6 Å². The van der Waals surface area contributed by atoms with E-state index in [1.54, 1.807) is 0 Å². The van der Waals surface area contributed by atoms with Crippen LogP contribution >= 0.6 is 0 Å². The first kappa shape index (κ1) is 22.6. The highest BCUT2D eigenvalue weighted by Crippen LogP contribution is 2.38. The Kier molecular flexibility index (Phi) is 6.66. The molecule has 1 fully saturated rings. The molecule has 1 saturated heterocycles. The minimum atomic E-state index is -0.639. The van der Waals surface area contributed by atoms with Gasteiger partial charge in [0.2, 0.25) is 5.91 Å². The highest BCUT2D eigenvalue weighted by molar-refractivity contribution is 6.08. The summed E-state index contributed by atoms with van der Waals surface area (Å²) in [4.78, 5) is 15.5. The van der Waals surface area contributed by atoms with Gasteiger partial charge in [-0.25, -0.2) is 0 Å². The van der Waals surface area contributed by atoms with Gasteiger partial charge in [0.25, 0.3) is 0 Å². The van der Waals surface area contributed by atoms with Gasteiger partial charge in [-0.1, -0.05) is 48.5 Å². The molecule has 2 unspecified atom stereocenters. The molecule has 0 saturated carbocycles. The van der Waals surface area contributed by atoms with E-state index < -0.39 is 6.10 Å². The third kappa shape index (κ3) is 4.46. The van der Waals surface area contributed by atoms with Crippen molar-refractivity contribution in [2.45, 2.75) is 44.1 Å². The van der Waals surface area contributed by atoms with E-state index >= 15 is 0 Å². The summed E-state index contributed by atoms with van der Waals surface area (Å²) in [7, 11) is 0. The zero-order valence-corrected chi connectivity index (χ0v) is 19.3. The standard InChI is InChI=1S/C29H31NO4/c31-17-7-11-23(29(33)30-15-4-5-16-30)22-10-6-12-27-28(22)24-19-21(13-14-26(24)34-27)25(32)18-20-8-2-1-3-9-20/h1-3,6,8-10,12-14,19,23,25,31-32H,4-5,7,11,15-18H2.